The Labute approximate surface area is 62.2 Å². The Balaban J connectivity index is 4.03. The van der Waals surface area contributed by atoms with E-state index in [0.29, 0.717) is 12.8 Å². The van der Waals surface area contributed by atoms with Gasteiger partial charge in [-0.05, 0) is 6.42 Å². The number of unbranched alkanes of at least 4 members (excludes halogenated alkanes) is 1. The van der Waals surface area contributed by atoms with Gasteiger partial charge in [0.15, 0.2) is 0 Å². The second kappa shape index (κ2) is 4.05. The summed E-state index contributed by atoms with van der Waals surface area (Å²) in [5.41, 5.74) is 0. The molecule has 4 nitrogen and oxygen atoms in total. The van der Waals surface area contributed by atoms with E-state index in [-0.39, 0.29) is 5.75 Å². The minimum atomic E-state index is -3.73. The van der Waals surface area contributed by atoms with E-state index in [0.717, 1.165) is 0 Å². The van der Waals surface area contributed by atoms with Gasteiger partial charge in [0.25, 0.3) is 19.0 Å². The van der Waals surface area contributed by atoms with Crippen LogP contribution in [0.3, 0.4) is 0 Å². The second-order valence-corrected chi connectivity index (χ2v) is 6.17. The van der Waals surface area contributed by atoms with E-state index in [1.54, 1.807) is 0 Å². The van der Waals surface area contributed by atoms with Crippen LogP contribution in [-0.4, -0.2) is 22.9 Å². The Morgan fingerprint density at radius 2 is 2.00 bits per heavy atom. The van der Waals surface area contributed by atoms with Gasteiger partial charge in [-0.2, -0.15) is 0 Å². The highest BCUT2D eigenvalue weighted by molar-refractivity contribution is 8.62. The Hall–Kier alpha value is 0.0600. The molecule has 0 aliphatic heterocycles. The van der Waals surface area contributed by atoms with E-state index in [4.69, 9.17) is 4.55 Å². The van der Waals surface area contributed by atoms with Crippen LogP contribution < -0.4 is 0 Å². The van der Waals surface area contributed by atoms with Gasteiger partial charge in [-0.1, -0.05) is 13.3 Å². The van der Waals surface area contributed by atoms with Crippen molar-refractivity contribution in [2.45, 2.75) is 19.8 Å². The van der Waals surface area contributed by atoms with Gasteiger partial charge in [-0.3, -0.25) is 4.55 Å². The lowest BCUT2D eigenvalue weighted by atomic mass is 10.4. The molecular weight excluding hydrogens is 176 g/mol. The average Bonchev–Trinajstić information content (AvgIpc) is 1.84. The van der Waals surface area contributed by atoms with Crippen molar-refractivity contribution in [2.75, 3.05) is 5.75 Å². The largest absolute Gasteiger partial charge is 0.294 e. The molecule has 0 amide bonds. The van der Waals surface area contributed by atoms with E-state index < -0.39 is 19.0 Å². The summed E-state index contributed by atoms with van der Waals surface area (Å²) in [5.74, 6) is -0.202. The van der Waals surface area contributed by atoms with Crippen LogP contribution in [0.5, 0.6) is 0 Å². The van der Waals surface area contributed by atoms with Gasteiger partial charge in [-0.25, -0.2) is 12.6 Å². The highest BCUT2D eigenvalue weighted by Crippen LogP contribution is 1.99. The third-order valence-corrected chi connectivity index (χ3v) is 3.99. The number of hydrogen-bond acceptors (Lipinski definition) is 3. The van der Waals surface area contributed by atoms with Gasteiger partial charge >= 0.3 is 0 Å². The maximum atomic E-state index is 10.5. The molecule has 0 aromatic carbocycles. The van der Waals surface area contributed by atoms with Gasteiger partial charge in [0.2, 0.25) is 0 Å². The molecule has 1 N–H and O–H groups in total. The monoisotopic (exact) mass is 186 g/mol. The Morgan fingerprint density at radius 3 is 2.30 bits per heavy atom. The van der Waals surface area contributed by atoms with Gasteiger partial charge < -0.3 is 0 Å². The van der Waals surface area contributed by atoms with E-state index in [1.165, 1.54) is 0 Å². The minimum absolute atomic E-state index is 0.202. The van der Waals surface area contributed by atoms with E-state index in [1.807, 2.05) is 6.92 Å². The van der Waals surface area contributed by atoms with Crippen molar-refractivity contribution >= 4 is 19.0 Å². The first-order valence-electron chi connectivity index (χ1n) is 2.85. The molecule has 62 valence electrons. The predicted molar refractivity (Wildman–Crippen MR) is 39.5 cm³/mol. The summed E-state index contributed by atoms with van der Waals surface area (Å²) < 4.78 is 39.3. The van der Waals surface area contributed by atoms with Crippen LogP contribution in [0.4, 0.5) is 0 Å². The molecule has 0 radical (unpaired) electrons. The molecule has 0 aromatic heterocycles. The highest BCUT2D eigenvalue weighted by Gasteiger charge is 2.16. The molecule has 1 atom stereocenters. The van der Waals surface area contributed by atoms with Crippen molar-refractivity contribution in [3.63, 3.8) is 0 Å². The van der Waals surface area contributed by atoms with Gasteiger partial charge in [0.05, 0.1) is 5.75 Å². The SMILES string of the molecule is CCCCS(=O)(=O)S(=O)O. The van der Waals surface area contributed by atoms with Crippen molar-refractivity contribution in [3.8, 4) is 0 Å². The molecule has 1 unspecified atom stereocenters. The summed E-state index contributed by atoms with van der Waals surface area (Å²) in [4.78, 5) is 0. The predicted octanol–water partition coefficient (Wildman–Crippen LogP) is 0.338. The van der Waals surface area contributed by atoms with E-state index >= 15 is 0 Å². The summed E-state index contributed by atoms with van der Waals surface area (Å²) in [6, 6.07) is 0. The molecule has 6 heteroatoms. The molecule has 10 heavy (non-hydrogen) atoms. The van der Waals surface area contributed by atoms with Gasteiger partial charge in [0.1, 0.15) is 0 Å². The van der Waals surface area contributed by atoms with Crippen molar-refractivity contribution in [1.29, 1.82) is 0 Å². The van der Waals surface area contributed by atoms with Crippen molar-refractivity contribution < 1.29 is 17.2 Å². The summed E-state index contributed by atoms with van der Waals surface area (Å²) >= 11 is 0. The fourth-order valence-electron chi connectivity index (χ4n) is 0.392. The average molecular weight is 186 g/mol. The normalized spacial score (nSPS) is 15.0. The molecule has 0 aliphatic rings. The van der Waals surface area contributed by atoms with E-state index in [2.05, 4.69) is 0 Å². The minimum Gasteiger partial charge on any atom is -0.294 e. The third kappa shape index (κ3) is 3.28. The highest BCUT2D eigenvalue weighted by atomic mass is 33.2. The Bertz CT molecular complexity index is 205. The van der Waals surface area contributed by atoms with Gasteiger partial charge in [0, 0.05) is 0 Å². The molecule has 0 rings (SSSR count). The van der Waals surface area contributed by atoms with Gasteiger partial charge in [-0.15, -0.1) is 0 Å². The van der Waals surface area contributed by atoms with Crippen molar-refractivity contribution in [1.82, 2.24) is 0 Å². The maximum Gasteiger partial charge on any atom is 0.274 e. The fraction of sp³-hybridized carbons (Fsp3) is 1.00. The first-order chi connectivity index (χ1) is 4.50. The lowest BCUT2D eigenvalue weighted by Crippen LogP contribution is -2.11. The maximum absolute atomic E-state index is 10.5. The number of hydrogen-bond donors (Lipinski definition) is 1. The zero-order chi connectivity index (χ0) is 8.20. The zero-order valence-corrected chi connectivity index (χ0v) is 7.24. The van der Waals surface area contributed by atoms with Crippen molar-refractivity contribution in [3.05, 3.63) is 0 Å². The van der Waals surface area contributed by atoms with Crippen LogP contribution in [0.1, 0.15) is 19.8 Å². The standard InChI is InChI=1S/C4H10O4S2/c1-2-3-4-10(7,8)9(5)6/h2-4H2,1H3,(H,5,6). The number of rotatable bonds is 4. The van der Waals surface area contributed by atoms with Crippen LogP contribution in [0.25, 0.3) is 0 Å². The summed E-state index contributed by atoms with van der Waals surface area (Å²) in [5, 5.41) is 0. The quantitative estimate of drug-likeness (QED) is 0.507. The lowest BCUT2D eigenvalue weighted by molar-refractivity contribution is 0.561. The Kier molecular flexibility index (Phi) is 4.07. The van der Waals surface area contributed by atoms with Crippen LogP contribution in [0.15, 0.2) is 0 Å². The van der Waals surface area contributed by atoms with Crippen LogP contribution in [0, 0.1) is 0 Å². The van der Waals surface area contributed by atoms with Crippen molar-refractivity contribution in [2.24, 2.45) is 0 Å². The summed E-state index contributed by atoms with van der Waals surface area (Å²) in [6.07, 6.45) is 1.14. The molecule has 0 fully saturated rings. The molecular formula is C4H10O4S2. The fourth-order valence-corrected chi connectivity index (χ4v) is 1.96. The molecule has 0 heterocycles. The van der Waals surface area contributed by atoms with Crippen LogP contribution >= 0.6 is 0 Å². The molecule has 0 bridgehead atoms. The first kappa shape index (κ1) is 10.1. The first-order valence-corrected chi connectivity index (χ1v) is 6.12. The second-order valence-electron chi connectivity index (χ2n) is 1.83. The third-order valence-electron chi connectivity index (χ3n) is 0.965. The zero-order valence-electron chi connectivity index (χ0n) is 5.61. The smallest absolute Gasteiger partial charge is 0.274 e. The molecule has 0 saturated heterocycles. The Morgan fingerprint density at radius 1 is 1.50 bits per heavy atom. The topological polar surface area (TPSA) is 71.4 Å². The summed E-state index contributed by atoms with van der Waals surface area (Å²) in [6.45, 7) is 1.82. The van der Waals surface area contributed by atoms with E-state index in [9.17, 15) is 12.6 Å². The lowest BCUT2D eigenvalue weighted by Gasteiger charge is -1.94. The molecule has 0 aromatic rings. The van der Waals surface area contributed by atoms with Crippen LogP contribution in [-0.2, 0) is 19.0 Å². The molecule has 0 spiro atoms. The molecule has 0 saturated carbocycles. The van der Waals surface area contributed by atoms with Crippen LogP contribution in [0.2, 0.25) is 0 Å². The summed E-state index contributed by atoms with van der Waals surface area (Å²) in [7, 11) is -6.44. The molecule has 0 aliphatic carbocycles.